The molecule has 1 atom stereocenters. The molecule has 0 spiro atoms. The summed E-state index contributed by atoms with van der Waals surface area (Å²) < 4.78 is 1.91. The fraction of sp³-hybridized carbons (Fsp3) is 0.192. The highest BCUT2D eigenvalue weighted by molar-refractivity contribution is 7.99. The number of rotatable bonds is 5. The van der Waals surface area contributed by atoms with Gasteiger partial charge in [0.05, 0.1) is 5.25 Å². The van der Waals surface area contributed by atoms with Gasteiger partial charge in [0.25, 0.3) is 0 Å². The SMILES string of the molecule is O=C1CCCC2=C1C(c1cccs1)n1nc(SC(c3ccccc3)c3ccccc3)nc1N2. The average Bonchev–Trinajstić information content (AvgIpc) is 3.52. The molecule has 1 unspecified atom stereocenters. The van der Waals surface area contributed by atoms with Crippen LogP contribution in [0.1, 0.15) is 46.6 Å². The summed E-state index contributed by atoms with van der Waals surface area (Å²) in [6, 6.07) is 24.8. The number of benzene rings is 2. The summed E-state index contributed by atoms with van der Waals surface area (Å²) in [5, 5.41) is 11.2. The van der Waals surface area contributed by atoms with Crippen LogP contribution in [0, 0.1) is 0 Å². The molecule has 0 amide bonds. The maximum atomic E-state index is 12.9. The summed E-state index contributed by atoms with van der Waals surface area (Å²) >= 11 is 3.30. The first-order valence-corrected chi connectivity index (χ1v) is 12.8. The van der Waals surface area contributed by atoms with Crippen molar-refractivity contribution >= 4 is 34.8 Å². The van der Waals surface area contributed by atoms with Crippen LogP contribution in [0.25, 0.3) is 0 Å². The van der Waals surface area contributed by atoms with E-state index in [1.165, 1.54) is 11.1 Å². The van der Waals surface area contributed by atoms with Crippen LogP contribution >= 0.6 is 23.1 Å². The predicted octanol–water partition coefficient (Wildman–Crippen LogP) is 6.24. The third-order valence-electron chi connectivity index (χ3n) is 6.09. The molecule has 1 aliphatic carbocycles. The normalized spacial score (nSPS) is 17.6. The minimum atomic E-state index is -0.210. The van der Waals surface area contributed by atoms with E-state index in [0.717, 1.165) is 29.0 Å². The molecule has 0 saturated carbocycles. The first kappa shape index (κ1) is 20.4. The van der Waals surface area contributed by atoms with Gasteiger partial charge in [0.2, 0.25) is 11.1 Å². The van der Waals surface area contributed by atoms with Crippen molar-refractivity contribution in [2.75, 3.05) is 5.32 Å². The quantitative estimate of drug-likeness (QED) is 0.350. The number of hydrogen-bond acceptors (Lipinski definition) is 6. The monoisotopic (exact) mass is 470 g/mol. The van der Waals surface area contributed by atoms with Gasteiger partial charge in [0.1, 0.15) is 6.04 Å². The number of carbonyl (C=O) groups excluding carboxylic acids is 1. The average molecular weight is 471 g/mol. The van der Waals surface area contributed by atoms with Gasteiger partial charge in [-0.05, 0) is 35.4 Å². The molecular formula is C26H22N4OS2. The van der Waals surface area contributed by atoms with E-state index in [1.807, 2.05) is 22.9 Å². The Morgan fingerprint density at radius 3 is 2.36 bits per heavy atom. The number of Topliss-reactive ketones (excluding diaryl/α,β-unsaturated/α-hetero) is 1. The van der Waals surface area contributed by atoms with Crippen LogP contribution in [0.3, 0.4) is 0 Å². The zero-order valence-corrected chi connectivity index (χ0v) is 19.5. The highest BCUT2D eigenvalue weighted by atomic mass is 32.2. The summed E-state index contributed by atoms with van der Waals surface area (Å²) in [5.74, 6) is 0.924. The van der Waals surface area contributed by atoms with Crippen molar-refractivity contribution in [2.24, 2.45) is 0 Å². The van der Waals surface area contributed by atoms with Gasteiger partial charge >= 0.3 is 0 Å². The number of allylic oxidation sites excluding steroid dienone is 2. The Labute approximate surface area is 200 Å². The van der Waals surface area contributed by atoms with E-state index in [2.05, 4.69) is 65.3 Å². The molecular weight excluding hydrogens is 448 g/mol. The van der Waals surface area contributed by atoms with Crippen molar-refractivity contribution < 1.29 is 4.79 Å². The molecule has 1 N–H and O–H groups in total. The molecule has 33 heavy (non-hydrogen) atoms. The van der Waals surface area contributed by atoms with Crippen LogP contribution < -0.4 is 5.32 Å². The van der Waals surface area contributed by atoms with E-state index in [4.69, 9.17) is 10.1 Å². The molecule has 1 aliphatic heterocycles. The van der Waals surface area contributed by atoms with Crippen molar-refractivity contribution in [3.8, 4) is 0 Å². The van der Waals surface area contributed by atoms with Gasteiger partial charge in [-0.2, -0.15) is 4.98 Å². The molecule has 7 heteroatoms. The summed E-state index contributed by atoms with van der Waals surface area (Å²) in [6.45, 7) is 0. The lowest BCUT2D eigenvalue weighted by atomic mass is 9.88. The predicted molar refractivity (Wildman–Crippen MR) is 133 cm³/mol. The summed E-state index contributed by atoms with van der Waals surface area (Å²) in [7, 11) is 0. The van der Waals surface area contributed by atoms with E-state index < -0.39 is 0 Å². The van der Waals surface area contributed by atoms with E-state index >= 15 is 0 Å². The molecule has 0 bridgehead atoms. The van der Waals surface area contributed by atoms with Gasteiger partial charge in [-0.3, -0.25) is 4.79 Å². The lowest BCUT2D eigenvalue weighted by Gasteiger charge is -2.31. The van der Waals surface area contributed by atoms with Crippen molar-refractivity contribution in [1.29, 1.82) is 0 Å². The number of anilines is 1. The van der Waals surface area contributed by atoms with E-state index in [1.54, 1.807) is 23.1 Å². The van der Waals surface area contributed by atoms with E-state index in [9.17, 15) is 4.79 Å². The Morgan fingerprint density at radius 1 is 0.970 bits per heavy atom. The molecule has 4 aromatic rings. The number of nitrogens with one attached hydrogen (secondary N) is 1. The highest BCUT2D eigenvalue weighted by Crippen LogP contribution is 2.44. The number of thioether (sulfide) groups is 1. The second-order valence-electron chi connectivity index (χ2n) is 8.19. The van der Waals surface area contributed by atoms with Crippen LogP contribution in [0.2, 0.25) is 0 Å². The Morgan fingerprint density at radius 2 is 1.70 bits per heavy atom. The zero-order valence-electron chi connectivity index (χ0n) is 17.8. The largest absolute Gasteiger partial charge is 0.328 e. The van der Waals surface area contributed by atoms with Crippen LogP contribution in [0.5, 0.6) is 0 Å². The summed E-state index contributed by atoms with van der Waals surface area (Å²) in [6.07, 6.45) is 2.34. The van der Waals surface area contributed by atoms with Crippen LogP contribution in [0.15, 0.2) is 94.6 Å². The molecule has 2 aromatic carbocycles. The fourth-order valence-corrected chi connectivity index (χ4v) is 6.48. The number of thiophene rings is 1. The van der Waals surface area contributed by atoms with Gasteiger partial charge in [0.15, 0.2) is 5.78 Å². The second kappa shape index (κ2) is 8.65. The zero-order chi connectivity index (χ0) is 22.2. The summed E-state index contributed by atoms with van der Waals surface area (Å²) in [4.78, 5) is 18.9. The molecule has 0 radical (unpaired) electrons. The molecule has 164 valence electrons. The van der Waals surface area contributed by atoms with Crippen molar-refractivity contribution in [3.63, 3.8) is 0 Å². The highest BCUT2D eigenvalue weighted by Gasteiger charge is 2.37. The third kappa shape index (κ3) is 3.81. The van der Waals surface area contributed by atoms with Crippen LogP contribution in [-0.4, -0.2) is 20.5 Å². The van der Waals surface area contributed by atoms with Gasteiger partial charge < -0.3 is 5.32 Å². The smallest absolute Gasteiger partial charge is 0.227 e. The first-order chi connectivity index (χ1) is 16.3. The molecule has 6 rings (SSSR count). The summed E-state index contributed by atoms with van der Waals surface area (Å²) in [5.41, 5.74) is 4.26. The number of ketones is 1. The maximum Gasteiger partial charge on any atom is 0.227 e. The number of fused-ring (bicyclic) bond motifs is 1. The Hall–Kier alpha value is -3.16. The number of carbonyl (C=O) groups is 1. The van der Waals surface area contributed by atoms with E-state index in [0.29, 0.717) is 17.5 Å². The molecule has 5 nitrogen and oxygen atoms in total. The molecule has 0 fully saturated rings. The van der Waals surface area contributed by atoms with Crippen LogP contribution in [0.4, 0.5) is 5.95 Å². The topological polar surface area (TPSA) is 59.8 Å². The van der Waals surface area contributed by atoms with Gasteiger partial charge in [-0.15, -0.1) is 16.4 Å². The lowest BCUT2D eigenvalue weighted by molar-refractivity contribution is -0.116. The molecule has 2 aliphatic rings. The van der Waals surface area contributed by atoms with Crippen molar-refractivity contribution in [1.82, 2.24) is 14.8 Å². The van der Waals surface area contributed by atoms with Crippen molar-refractivity contribution in [2.45, 2.75) is 35.7 Å². The minimum Gasteiger partial charge on any atom is -0.328 e. The molecule has 2 aromatic heterocycles. The van der Waals surface area contributed by atoms with Gasteiger partial charge in [-0.25, -0.2) is 4.68 Å². The van der Waals surface area contributed by atoms with Gasteiger partial charge in [0, 0.05) is 22.6 Å². The van der Waals surface area contributed by atoms with Crippen LogP contribution in [-0.2, 0) is 4.79 Å². The second-order valence-corrected chi connectivity index (χ2v) is 10.2. The third-order valence-corrected chi connectivity index (χ3v) is 8.18. The molecule has 3 heterocycles. The number of nitrogens with zero attached hydrogens (tertiary/aromatic N) is 3. The van der Waals surface area contributed by atoms with Crippen molar-refractivity contribution in [3.05, 3.63) is 105 Å². The first-order valence-electron chi connectivity index (χ1n) is 11.1. The number of aromatic nitrogens is 3. The standard InChI is InChI=1S/C26H22N4OS2/c31-20-14-7-13-19-22(20)23(21-15-8-16-32-21)30-25(27-19)28-26(29-30)33-24(17-9-3-1-4-10-17)18-11-5-2-6-12-18/h1-6,8-12,15-16,23-24H,7,13-14H2,(H,27,28,29). The number of hydrogen-bond donors (Lipinski definition) is 1. The Balaban J connectivity index is 1.41. The fourth-order valence-electron chi connectivity index (χ4n) is 4.59. The minimum absolute atomic E-state index is 0.0706. The van der Waals surface area contributed by atoms with Gasteiger partial charge in [-0.1, -0.05) is 78.5 Å². The lowest BCUT2D eigenvalue weighted by Crippen LogP contribution is -2.31. The molecule has 0 saturated heterocycles. The van der Waals surface area contributed by atoms with E-state index in [-0.39, 0.29) is 17.1 Å². The Bertz CT molecular complexity index is 1270. The maximum absolute atomic E-state index is 12.9. The Kier molecular flexibility index (Phi) is 5.36.